The number of aliphatic hydroxyl groups excluding tert-OH is 1. The van der Waals surface area contributed by atoms with Gasteiger partial charge in [-0.1, -0.05) is 35.5 Å². The molecule has 2 rings (SSSR count). The number of fused-ring (bicyclic) bond motifs is 1. The lowest BCUT2D eigenvalue weighted by molar-refractivity contribution is 0.0672. The van der Waals surface area contributed by atoms with Gasteiger partial charge in [-0.3, -0.25) is 0 Å². The van der Waals surface area contributed by atoms with E-state index in [1.165, 1.54) is 11.1 Å². The van der Waals surface area contributed by atoms with Gasteiger partial charge in [-0.25, -0.2) is 0 Å². The number of hydrogen-bond donors (Lipinski definition) is 1. The summed E-state index contributed by atoms with van der Waals surface area (Å²) in [7, 11) is 0. The number of allylic oxidation sites excluding steroid dienone is 5. The van der Waals surface area contributed by atoms with Crippen molar-refractivity contribution in [2.45, 2.75) is 84.0 Å². The van der Waals surface area contributed by atoms with Gasteiger partial charge < -0.3 is 9.84 Å². The van der Waals surface area contributed by atoms with Crippen LogP contribution in [0.1, 0.15) is 66.2 Å². The Morgan fingerprint density at radius 3 is 2.64 bits per heavy atom. The maximum atomic E-state index is 10.6. The molecule has 0 spiro atoms. The first-order valence-corrected chi connectivity index (χ1v) is 8.65. The molecule has 0 aromatic carbocycles. The zero-order valence-corrected chi connectivity index (χ0v) is 14.7. The van der Waals surface area contributed by atoms with Crippen LogP contribution in [0.25, 0.3) is 0 Å². The molecular weight excluding hydrogens is 272 g/mol. The molecule has 1 aliphatic heterocycles. The Morgan fingerprint density at radius 2 is 1.95 bits per heavy atom. The minimum absolute atomic E-state index is 0.205. The fraction of sp³-hybridized carbons (Fsp3) is 0.700. The Bertz CT molecular complexity index is 474. The zero-order chi connectivity index (χ0) is 16.3. The molecule has 0 aromatic heterocycles. The topological polar surface area (TPSA) is 32.8 Å². The average molecular weight is 304 g/mol. The molecular formula is C20H32O2. The lowest BCUT2D eigenvalue weighted by Crippen LogP contribution is -2.31. The van der Waals surface area contributed by atoms with Gasteiger partial charge in [-0.05, 0) is 72.1 Å². The highest BCUT2D eigenvalue weighted by Gasteiger charge is 2.56. The Morgan fingerprint density at radius 1 is 1.27 bits per heavy atom. The van der Waals surface area contributed by atoms with Crippen molar-refractivity contribution in [1.29, 1.82) is 0 Å². The Labute approximate surface area is 136 Å². The van der Waals surface area contributed by atoms with E-state index in [-0.39, 0.29) is 11.7 Å². The predicted octanol–water partition coefficient (Wildman–Crippen LogP) is 4.94. The standard InChI is InChI=1S/C20H32O2/c1-14(2)17-11-9-15(3)7-6-8-16(4)10-12-19-20(5,22-19)18(21)13-17/h8-9,17-19,21H,1,6-7,10-13H2,2-5H3/b15-9+,16-8+/t17?,18-,19?,20?/m0/s1. The van der Waals surface area contributed by atoms with Gasteiger partial charge in [-0.15, -0.1) is 0 Å². The Hall–Kier alpha value is -0.860. The van der Waals surface area contributed by atoms with Crippen molar-refractivity contribution in [2.24, 2.45) is 5.92 Å². The van der Waals surface area contributed by atoms with E-state index in [0.29, 0.717) is 5.92 Å². The molecule has 1 N–H and O–H groups in total. The average Bonchev–Trinajstić information content (AvgIpc) is 3.12. The third-order valence-corrected chi connectivity index (χ3v) is 5.43. The van der Waals surface area contributed by atoms with Crippen LogP contribution in [0.4, 0.5) is 0 Å². The van der Waals surface area contributed by atoms with E-state index in [4.69, 9.17) is 4.74 Å². The van der Waals surface area contributed by atoms with Gasteiger partial charge in [0.25, 0.3) is 0 Å². The highest BCUT2D eigenvalue weighted by molar-refractivity contribution is 5.12. The summed E-state index contributed by atoms with van der Waals surface area (Å²) >= 11 is 0. The smallest absolute Gasteiger partial charge is 0.118 e. The molecule has 2 heteroatoms. The van der Waals surface area contributed by atoms with E-state index in [1.54, 1.807) is 0 Å². The lowest BCUT2D eigenvalue weighted by atomic mass is 9.85. The summed E-state index contributed by atoms with van der Waals surface area (Å²) in [5.74, 6) is 0.340. The van der Waals surface area contributed by atoms with Crippen molar-refractivity contribution in [3.8, 4) is 0 Å². The van der Waals surface area contributed by atoms with E-state index in [1.807, 2.05) is 0 Å². The summed E-state index contributed by atoms with van der Waals surface area (Å²) < 4.78 is 5.87. The van der Waals surface area contributed by atoms with Crippen molar-refractivity contribution in [3.63, 3.8) is 0 Å². The van der Waals surface area contributed by atoms with Gasteiger partial charge in [0.2, 0.25) is 0 Å². The number of hydrogen-bond acceptors (Lipinski definition) is 2. The summed E-state index contributed by atoms with van der Waals surface area (Å²) in [6.45, 7) is 12.7. The van der Waals surface area contributed by atoms with Crippen LogP contribution in [0.3, 0.4) is 0 Å². The van der Waals surface area contributed by atoms with Gasteiger partial charge in [-0.2, -0.15) is 0 Å². The van der Waals surface area contributed by atoms with Crippen molar-refractivity contribution in [3.05, 3.63) is 35.5 Å². The van der Waals surface area contributed by atoms with Crippen LogP contribution in [-0.4, -0.2) is 22.9 Å². The highest BCUT2D eigenvalue weighted by atomic mass is 16.6. The molecule has 2 aliphatic rings. The van der Waals surface area contributed by atoms with Gasteiger partial charge >= 0.3 is 0 Å². The molecule has 1 heterocycles. The quantitative estimate of drug-likeness (QED) is 0.549. The molecule has 1 saturated heterocycles. The maximum absolute atomic E-state index is 10.6. The molecule has 0 bridgehead atoms. The molecule has 2 nitrogen and oxygen atoms in total. The summed E-state index contributed by atoms with van der Waals surface area (Å²) in [5, 5.41) is 10.6. The van der Waals surface area contributed by atoms with Crippen LogP contribution in [-0.2, 0) is 4.74 Å². The van der Waals surface area contributed by atoms with Gasteiger partial charge in [0.1, 0.15) is 5.60 Å². The molecule has 0 amide bonds. The summed E-state index contributed by atoms with van der Waals surface area (Å²) in [6, 6.07) is 0. The number of rotatable bonds is 1. The second-order valence-electron chi connectivity index (χ2n) is 7.50. The van der Waals surface area contributed by atoms with E-state index in [0.717, 1.165) is 44.1 Å². The van der Waals surface area contributed by atoms with Crippen LogP contribution in [0.2, 0.25) is 0 Å². The molecule has 22 heavy (non-hydrogen) atoms. The van der Waals surface area contributed by atoms with E-state index >= 15 is 0 Å². The second kappa shape index (κ2) is 7.14. The summed E-state index contributed by atoms with van der Waals surface area (Å²) in [4.78, 5) is 0. The summed E-state index contributed by atoms with van der Waals surface area (Å²) in [6.07, 6.45) is 10.5. The zero-order valence-electron chi connectivity index (χ0n) is 14.7. The first-order chi connectivity index (χ1) is 10.3. The third kappa shape index (κ3) is 4.33. The second-order valence-corrected chi connectivity index (χ2v) is 7.50. The molecule has 0 radical (unpaired) electrons. The van der Waals surface area contributed by atoms with Crippen molar-refractivity contribution in [1.82, 2.24) is 0 Å². The number of aliphatic hydroxyl groups is 1. The highest BCUT2D eigenvalue weighted by Crippen LogP contribution is 2.45. The van der Waals surface area contributed by atoms with E-state index in [2.05, 4.69) is 46.4 Å². The number of epoxide rings is 1. The fourth-order valence-electron chi connectivity index (χ4n) is 3.37. The molecule has 1 aliphatic carbocycles. The van der Waals surface area contributed by atoms with Crippen LogP contribution < -0.4 is 0 Å². The molecule has 4 atom stereocenters. The van der Waals surface area contributed by atoms with Crippen molar-refractivity contribution < 1.29 is 9.84 Å². The molecule has 0 aromatic rings. The molecule has 3 unspecified atom stereocenters. The van der Waals surface area contributed by atoms with Crippen molar-refractivity contribution >= 4 is 0 Å². The minimum Gasteiger partial charge on any atom is -0.390 e. The minimum atomic E-state index is -0.403. The molecule has 0 saturated carbocycles. The van der Waals surface area contributed by atoms with Crippen molar-refractivity contribution in [2.75, 3.05) is 0 Å². The largest absolute Gasteiger partial charge is 0.390 e. The lowest BCUT2D eigenvalue weighted by Gasteiger charge is -2.23. The van der Waals surface area contributed by atoms with E-state index in [9.17, 15) is 5.11 Å². The molecule has 124 valence electrons. The van der Waals surface area contributed by atoms with Crippen LogP contribution in [0, 0.1) is 5.92 Å². The first-order valence-electron chi connectivity index (χ1n) is 8.65. The van der Waals surface area contributed by atoms with Crippen LogP contribution >= 0.6 is 0 Å². The fourth-order valence-corrected chi connectivity index (χ4v) is 3.37. The monoisotopic (exact) mass is 304 g/mol. The maximum Gasteiger partial charge on any atom is 0.118 e. The Kier molecular flexibility index (Phi) is 5.68. The first kappa shape index (κ1) is 17.5. The SMILES string of the molecule is C=C(C)C1C/C=C(\C)CC/C=C(\C)CCC2OC2(C)[C@@H](O)C1. The van der Waals surface area contributed by atoms with Crippen LogP contribution in [0.15, 0.2) is 35.5 Å². The van der Waals surface area contributed by atoms with Gasteiger partial charge in [0.05, 0.1) is 12.2 Å². The third-order valence-electron chi connectivity index (χ3n) is 5.43. The Balaban J connectivity index is 2.13. The normalized spacial score (nSPS) is 42.1. The van der Waals surface area contributed by atoms with E-state index < -0.39 is 6.10 Å². The number of ether oxygens (including phenoxy) is 1. The predicted molar refractivity (Wildman–Crippen MR) is 92.8 cm³/mol. The molecule has 1 fully saturated rings. The van der Waals surface area contributed by atoms with Gasteiger partial charge in [0.15, 0.2) is 0 Å². The van der Waals surface area contributed by atoms with Gasteiger partial charge in [0, 0.05) is 0 Å². The summed E-state index contributed by atoms with van der Waals surface area (Å²) in [5.41, 5.74) is 3.69. The van der Waals surface area contributed by atoms with Crippen LogP contribution in [0.5, 0.6) is 0 Å².